The molecule has 6 nitrogen and oxygen atoms in total. The first-order chi connectivity index (χ1) is 11.0. The molecule has 2 atom stereocenters. The van der Waals surface area contributed by atoms with Crippen LogP contribution < -0.4 is 5.32 Å². The van der Waals surface area contributed by atoms with Crippen molar-refractivity contribution in [1.29, 1.82) is 0 Å². The molecule has 3 N–H and O–H groups in total. The third-order valence-corrected chi connectivity index (χ3v) is 4.33. The van der Waals surface area contributed by atoms with Gasteiger partial charge in [0, 0.05) is 16.6 Å². The first kappa shape index (κ1) is 15.6. The zero-order valence-electron chi connectivity index (χ0n) is 12.3. The van der Waals surface area contributed by atoms with Crippen molar-refractivity contribution in [1.82, 2.24) is 15.5 Å². The molecule has 1 aromatic carbocycles. The number of carbonyl (C=O) groups excluding carboxylic acids is 1. The SMILES string of the molecule is O=C(N[C@@H]1CC[C@H](C(=O)O)C1)c1cc(-c2ccc(Cl)cc2)n[nH]1. The van der Waals surface area contributed by atoms with Gasteiger partial charge in [-0.05, 0) is 37.5 Å². The first-order valence-corrected chi connectivity index (χ1v) is 7.76. The van der Waals surface area contributed by atoms with Gasteiger partial charge in [-0.15, -0.1) is 0 Å². The molecule has 2 aromatic rings. The summed E-state index contributed by atoms with van der Waals surface area (Å²) in [7, 11) is 0. The highest BCUT2D eigenvalue weighted by Gasteiger charge is 2.30. The van der Waals surface area contributed by atoms with E-state index in [1.54, 1.807) is 18.2 Å². The number of carbonyl (C=O) groups is 2. The van der Waals surface area contributed by atoms with E-state index >= 15 is 0 Å². The minimum atomic E-state index is -0.798. The van der Waals surface area contributed by atoms with E-state index in [0.29, 0.717) is 35.7 Å². The van der Waals surface area contributed by atoms with Crippen molar-refractivity contribution in [2.45, 2.75) is 25.3 Å². The van der Waals surface area contributed by atoms with Crippen LogP contribution >= 0.6 is 11.6 Å². The number of nitrogens with one attached hydrogen (secondary N) is 2. The van der Waals surface area contributed by atoms with Gasteiger partial charge in [0.05, 0.1) is 11.6 Å². The van der Waals surface area contributed by atoms with Gasteiger partial charge in [-0.25, -0.2) is 0 Å². The molecule has 120 valence electrons. The molecular formula is C16H16ClN3O3. The number of rotatable bonds is 4. The van der Waals surface area contributed by atoms with Gasteiger partial charge in [-0.3, -0.25) is 14.7 Å². The van der Waals surface area contributed by atoms with Crippen molar-refractivity contribution >= 4 is 23.5 Å². The van der Waals surface area contributed by atoms with Gasteiger partial charge in [-0.2, -0.15) is 5.10 Å². The zero-order valence-corrected chi connectivity index (χ0v) is 13.0. The number of nitrogens with zero attached hydrogens (tertiary/aromatic N) is 1. The molecule has 1 aliphatic rings. The minimum absolute atomic E-state index is 0.106. The van der Waals surface area contributed by atoms with Crippen molar-refractivity contribution in [3.63, 3.8) is 0 Å². The fourth-order valence-electron chi connectivity index (χ4n) is 2.81. The molecule has 1 fully saturated rings. The van der Waals surface area contributed by atoms with Gasteiger partial charge in [0.2, 0.25) is 0 Å². The molecule has 7 heteroatoms. The maximum atomic E-state index is 12.2. The smallest absolute Gasteiger partial charge is 0.306 e. The Balaban J connectivity index is 1.65. The second-order valence-corrected chi connectivity index (χ2v) is 6.13. The molecule has 1 aliphatic carbocycles. The summed E-state index contributed by atoms with van der Waals surface area (Å²) in [5.41, 5.74) is 1.87. The summed E-state index contributed by atoms with van der Waals surface area (Å²) in [6, 6.07) is 8.74. The normalized spacial score (nSPS) is 20.4. The number of carboxylic acid groups (broad SMARTS) is 1. The Morgan fingerprint density at radius 3 is 2.65 bits per heavy atom. The van der Waals surface area contributed by atoms with Crippen molar-refractivity contribution in [2.24, 2.45) is 5.92 Å². The maximum absolute atomic E-state index is 12.2. The van der Waals surface area contributed by atoms with Gasteiger partial charge in [0.25, 0.3) is 5.91 Å². The first-order valence-electron chi connectivity index (χ1n) is 7.38. The molecule has 0 unspecified atom stereocenters. The average Bonchev–Trinajstić information content (AvgIpc) is 3.17. The van der Waals surface area contributed by atoms with Gasteiger partial charge in [0.1, 0.15) is 5.69 Å². The predicted molar refractivity (Wildman–Crippen MR) is 85.3 cm³/mol. The lowest BCUT2D eigenvalue weighted by atomic mass is 10.1. The Kier molecular flexibility index (Phi) is 4.34. The number of carboxylic acids is 1. The number of aromatic nitrogens is 2. The Bertz CT molecular complexity index is 726. The van der Waals surface area contributed by atoms with Crippen LogP contribution in [0.5, 0.6) is 0 Å². The fourth-order valence-corrected chi connectivity index (χ4v) is 2.93. The molecule has 0 radical (unpaired) electrons. The van der Waals surface area contributed by atoms with Crippen LogP contribution in [0.3, 0.4) is 0 Å². The highest BCUT2D eigenvalue weighted by molar-refractivity contribution is 6.30. The van der Waals surface area contributed by atoms with E-state index in [-0.39, 0.29) is 17.9 Å². The lowest BCUT2D eigenvalue weighted by molar-refractivity contribution is -0.141. The zero-order chi connectivity index (χ0) is 16.4. The van der Waals surface area contributed by atoms with E-state index in [9.17, 15) is 9.59 Å². The summed E-state index contributed by atoms with van der Waals surface area (Å²) >= 11 is 5.85. The molecule has 0 bridgehead atoms. The van der Waals surface area contributed by atoms with Crippen LogP contribution in [0.25, 0.3) is 11.3 Å². The third-order valence-electron chi connectivity index (χ3n) is 4.08. The molecule has 0 saturated heterocycles. The number of hydrogen-bond donors (Lipinski definition) is 3. The number of H-pyrrole nitrogens is 1. The molecule has 1 heterocycles. The van der Waals surface area contributed by atoms with Crippen LogP contribution in [-0.4, -0.2) is 33.2 Å². The van der Waals surface area contributed by atoms with Crippen molar-refractivity contribution in [2.75, 3.05) is 0 Å². The molecule has 1 amide bonds. The predicted octanol–water partition coefficient (Wildman–Crippen LogP) is 2.71. The van der Waals surface area contributed by atoms with Crippen LogP contribution in [0.15, 0.2) is 30.3 Å². The molecular weight excluding hydrogens is 318 g/mol. The van der Waals surface area contributed by atoms with E-state index in [0.717, 1.165) is 5.56 Å². The van der Waals surface area contributed by atoms with E-state index in [1.165, 1.54) is 0 Å². The minimum Gasteiger partial charge on any atom is -0.481 e. The fraction of sp³-hybridized carbons (Fsp3) is 0.312. The van der Waals surface area contributed by atoms with E-state index < -0.39 is 5.97 Å². The van der Waals surface area contributed by atoms with Crippen LogP contribution in [0.4, 0.5) is 0 Å². The van der Waals surface area contributed by atoms with Crippen molar-refractivity contribution < 1.29 is 14.7 Å². The quantitative estimate of drug-likeness (QED) is 0.801. The number of benzene rings is 1. The second kappa shape index (κ2) is 6.42. The lowest BCUT2D eigenvalue weighted by Crippen LogP contribution is -2.33. The molecule has 0 spiro atoms. The van der Waals surface area contributed by atoms with Gasteiger partial charge in [-0.1, -0.05) is 23.7 Å². The van der Waals surface area contributed by atoms with Crippen molar-refractivity contribution in [3.05, 3.63) is 41.0 Å². The third kappa shape index (κ3) is 3.53. The van der Waals surface area contributed by atoms with E-state index in [2.05, 4.69) is 15.5 Å². The number of aromatic amines is 1. The summed E-state index contributed by atoms with van der Waals surface area (Å²) in [4.78, 5) is 23.2. The topological polar surface area (TPSA) is 95.1 Å². The highest BCUT2D eigenvalue weighted by atomic mass is 35.5. The molecule has 1 aromatic heterocycles. The van der Waals surface area contributed by atoms with Gasteiger partial charge in [0.15, 0.2) is 0 Å². The summed E-state index contributed by atoms with van der Waals surface area (Å²) in [6.45, 7) is 0. The lowest BCUT2D eigenvalue weighted by Gasteiger charge is -2.11. The second-order valence-electron chi connectivity index (χ2n) is 5.69. The largest absolute Gasteiger partial charge is 0.481 e. The molecule has 23 heavy (non-hydrogen) atoms. The monoisotopic (exact) mass is 333 g/mol. The molecule has 3 rings (SSSR count). The van der Waals surface area contributed by atoms with E-state index in [1.807, 2.05) is 12.1 Å². The average molecular weight is 334 g/mol. The Labute approximate surface area is 137 Å². The number of amides is 1. The summed E-state index contributed by atoms with van der Waals surface area (Å²) < 4.78 is 0. The van der Waals surface area contributed by atoms with Gasteiger partial charge >= 0.3 is 5.97 Å². The van der Waals surface area contributed by atoms with E-state index in [4.69, 9.17) is 16.7 Å². The van der Waals surface area contributed by atoms with Crippen LogP contribution in [-0.2, 0) is 4.79 Å². The summed E-state index contributed by atoms with van der Waals surface area (Å²) in [5.74, 6) is -1.44. The summed E-state index contributed by atoms with van der Waals surface area (Å²) in [6.07, 6.45) is 1.75. The standard InChI is InChI=1S/C16H16ClN3O3/c17-11-4-1-9(2-5-11)13-8-14(20-19-13)15(21)18-12-6-3-10(7-12)16(22)23/h1-2,4-5,8,10,12H,3,6-7H2,(H,18,21)(H,19,20)(H,22,23)/t10-,12+/m0/s1. The van der Waals surface area contributed by atoms with Crippen LogP contribution in [0, 0.1) is 5.92 Å². The molecule has 0 aliphatic heterocycles. The highest BCUT2D eigenvalue weighted by Crippen LogP contribution is 2.26. The number of halogens is 1. The number of hydrogen-bond acceptors (Lipinski definition) is 3. The maximum Gasteiger partial charge on any atom is 0.306 e. The Morgan fingerprint density at radius 1 is 1.26 bits per heavy atom. The Morgan fingerprint density at radius 2 is 2.00 bits per heavy atom. The molecule has 1 saturated carbocycles. The summed E-state index contributed by atoms with van der Waals surface area (Å²) in [5, 5.41) is 19.3. The van der Waals surface area contributed by atoms with Crippen molar-refractivity contribution in [3.8, 4) is 11.3 Å². The Hall–Kier alpha value is -2.34. The van der Waals surface area contributed by atoms with Gasteiger partial charge < -0.3 is 10.4 Å². The van der Waals surface area contributed by atoms with Crippen LogP contribution in [0.2, 0.25) is 5.02 Å². The number of aliphatic carboxylic acids is 1. The van der Waals surface area contributed by atoms with Crippen LogP contribution in [0.1, 0.15) is 29.8 Å².